The van der Waals surface area contributed by atoms with Gasteiger partial charge in [0.25, 0.3) is 0 Å². The molecule has 0 bridgehead atoms. The Balaban J connectivity index is 1.50. The van der Waals surface area contributed by atoms with Crippen molar-refractivity contribution in [3.05, 3.63) is 24.1 Å². The van der Waals surface area contributed by atoms with Crippen molar-refractivity contribution in [2.75, 3.05) is 38.1 Å². The zero-order chi connectivity index (χ0) is 21.3. The minimum atomic E-state index is -1.33. The molecule has 158 valence electrons. The Morgan fingerprint density at radius 1 is 1.33 bits per heavy atom. The molecule has 4 rings (SSSR count). The van der Waals surface area contributed by atoms with Gasteiger partial charge in [-0.05, 0) is 32.0 Å². The van der Waals surface area contributed by atoms with Crippen LogP contribution in [0.1, 0.15) is 18.7 Å². The topological polar surface area (TPSA) is 135 Å². The summed E-state index contributed by atoms with van der Waals surface area (Å²) in [7, 11) is 2.10. The van der Waals surface area contributed by atoms with Gasteiger partial charge in [-0.15, -0.1) is 0 Å². The minimum absolute atomic E-state index is 0.0435. The van der Waals surface area contributed by atoms with Gasteiger partial charge in [0.05, 0.1) is 12.5 Å². The highest BCUT2D eigenvalue weighted by atomic mass is 16.4. The first kappa shape index (κ1) is 20.0. The lowest BCUT2D eigenvalue weighted by Gasteiger charge is -2.33. The molecule has 0 spiro atoms. The molecule has 10 nitrogen and oxygen atoms in total. The molecular formula is C20H24N6O4. The number of aromatic nitrogens is 1. The smallest absolute Gasteiger partial charge is 0.405 e. The first-order chi connectivity index (χ1) is 14.4. The van der Waals surface area contributed by atoms with Crippen LogP contribution in [0.5, 0.6) is 0 Å². The Hall–Kier alpha value is -3.32. The summed E-state index contributed by atoms with van der Waals surface area (Å²) in [5.74, 6) is -0.298. The monoisotopic (exact) mass is 412 g/mol. The second kappa shape index (κ2) is 7.84. The molecule has 2 amide bonds. The number of nitriles is 1. The van der Waals surface area contributed by atoms with E-state index in [1.807, 2.05) is 18.2 Å². The summed E-state index contributed by atoms with van der Waals surface area (Å²) in [5.41, 5.74) is 1.40. The Bertz CT molecular complexity index is 1000. The molecule has 1 atom stereocenters. The van der Waals surface area contributed by atoms with E-state index in [0.29, 0.717) is 23.9 Å². The summed E-state index contributed by atoms with van der Waals surface area (Å²) in [4.78, 5) is 32.6. The van der Waals surface area contributed by atoms with Crippen molar-refractivity contribution in [3.8, 4) is 6.07 Å². The average Bonchev–Trinajstić information content (AvgIpc) is 3.37. The van der Waals surface area contributed by atoms with Gasteiger partial charge in [-0.2, -0.15) is 5.26 Å². The van der Waals surface area contributed by atoms with Crippen molar-refractivity contribution < 1.29 is 19.1 Å². The van der Waals surface area contributed by atoms with Crippen LogP contribution in [-0.4, -0.2) is 71.8 Å². The van der Waals surface area contributed by atoms with Crippen molar-refractivity contribution in [2.45, 2.75) is 30.8 Å². The van der Waals surface area contributed by atoms with Gasteiger partial charge >= 0.3 is 6.09 Å². The zero-order valence-corrected chi connectivity index (χ0v) is 16.7. The molecular weight excluding hydrogens is 388 g/mol. The molecule has 0 unspecified atom stereocenters. The lowest BCUT2D eigenvalue weighted by atomic mass is 10.1. The molecule has 1 saturated heterocycles. The normalized spacial score (nSPS) is 19.1. The predicted octanol–water partition coefficient (Wildman–Crippen LogP) is 0.931. The molecule has 10 heteroatoms. The van der Waals surface area contributed by atoms with Crippen LogP contribution in [0.3, 0.4) is 0 Å². The summed E-state index contributed by atoms with van der Waals surface area (Å²) in [5, 5.41) is 23.1. The van der Waals surface area contributed by atoms with Crippen LogP contribution >= 0.6 is 0 Å². The largest absolute Gasteiger partial charge is 0.465 e. The highest BCUT2D eigenvalue weighted by molar-refractivity contribution is 5.87. The SMILES string of the molecule is CN1CCN(c2ccc3nc(C[C@H](NC(=O)O)C(=O)NC4(C#N)CC4)oc3c2)CC1. The highest BCUT2D eigenvalue weighted by Crippen LogP contribution is 2.34. The second-order valence-electron chi connectivity index (χ2n) is 7.94. The molecule has 30 heavy (non-hydrogen) atoms. The van der Waals surface area contributed by atoms with Crippen molar-refractivity contribution in [2.24, 2.45) is 0 Å². The summed E-state index contributed by atoms with van der Waals surface area (Å²) in [6.07, 6.45) is -0.247. The number of amides is 2. The molecule has 2 aliphatic rings. The number of rotatable bonds is 6. The molecule has 3 N–H and O–H groups in total. The number of oxazole rings is 1. The Morgan fingerprint density at radius 3 is 2.70 bits per heavy atom. The lowest BCUT2D eigenvalue weighted by molar-refractivity contribution is -0.123. The summed E-state index contributed by atoms with van der Waals surface area (Å²) in [6, 6.07) is 6.74. The third kappa shape index (κ3) is 4.31. The maximum atomic E-state index is 12.5. The van der Waals surface area contributed by atoms with Crippen molar-refractivity contribution in [3.63, 3.8) is 0 Å². The number of carboxylic acid groups (broad SMARTS) is 1. The minimum Gasteiger partial charge on any atom is -0.465 e. The van der Waals surface area contributed by atoms with E-state index in [1.165, 1.54) is 0 Å². The van der Waals surface area contributed by atoms with Gasteiger partial charge in [0.1, 0.15) is 17.1 Å². The third-order valence-corrected chi connectivity index (χ3v) is 5.60. The number of anilines is 1. The first-order valence-corrected chi connectivity index (χ1v) is 9.93. The quantitative estimate of drug-likeness (QED) is 0.638. The molecule has 0 radical (unpaired) electrons. The van der Waals surface area contributed by atoms with Gasteiger partial charge in [0.2, 0.25) is 5.91 Å². The van der Waals surface area contributed by atoms with E-state index in [2.05, 4.69) is 38.5 Å². The number of nitrogens with zero attached hydrogens (tertiary/aromatic N) is 4. The number of benzene rings is 1. The number of nitrogens with one attached hydrogen (secondary N) is 2. The fourth-order valence-electron chi connectivity index (χ4n) is 3.56. The fraction of sp³-hybridized carbons (Fsp3) is 0.500. The molecule has 1 aliphatic carbocycles. The number of hydrogen-bond acceptors (Lipinski definition) is 7. The number of hydrogen-bond donors (Lipinski definition) is 3. The van der Waals surface area contributed by atoms with E-state index in [-0.39, 0.29) is 12.3 Å². The standard InChI is InChI=1S/C20H24N6O4/c1-25-6-8-26(9-7-25)13-2-3-14-16(10-13)30-17(22-14)11-15(23-19(28)29)18(27)24-20(12-21)4-5-20/h2-3,10,15,23H,4-9,11H2,1H3,(H,24,27)(H,28,29)/t15-/m0/s1. The molecule has 1 saturated carbocycles. The summed E-state index contributed by atoms with van der Waals surface area (Å²) < 4.78 is 5.83. The van der Waals surface area contributed by atoms with E-state index in [4.69, 9.17) is 14.8 Å². The molecule has 1 aromatic carbocycles. The van der Waals surface area contributed by atoms with E-state index in [9.17, 15) is 9.59 Å². The van der Waals surface area contributed by atoms with E-state index in [1.54, 1.807) is 0 Å². The number of likely N-dealkylation sites (N-methyl/N-ethyl adjacent to an activating group) is 1. The fourth-order valence-corrected chi connectivity index (χ4v) is 3.56. The molecule has 2 fully saturated rings. The van der Waals surface area contributed by atoms with Crippen LogP contribution in [-0.2, 0) is 11.2 Å². The van der Waals surface area contributed by atoms with E-state index in [0.717, 1.165) is 31.9 Å². The Kier molecular flexibility index (Phi) is 5.22. The van der Waals surface area contributed by atoms with Gasteiger partial charge in [0.15, 0.2) is 11.5 Å². The van der Waals surface area contributed by atoms with Gasteiger partial charge in [-0.3, -0.25) is 4.79 Å². The zero-order valence-electron chi connectivity index (χ0n) is 16.7. The maximum Gasteiger partial charge on any atom is 0.405 e. The van der Waals surface area contributed by atoms with Crippen LogP contribution in [0.15, 0.2) is 22.6 Å². The first-order valence-electron chi connectivity index (χ1n) is 9.93. The Morgan fingerprint density at radius 2 is 2.07 bits per heavy atom. The van der Waals surface area contributed by atoms with Gasteiger partial charge in [0, 0.05) is 37.9 Å². The van der Waals surface area contributed by atoms with Crippen LogP contribution < -0.4 is 15.5 Å². The average molecular weight is 412 g/mol. The van der Waals surface area contributed by atoms with Crippen LogP contribution in [0.2, 0.25) is 0 Å². The number of piperazine rings is 1. The molecule has 2 aromatic rings. The highest BCUT2D eigenvalue weighted by Gasteiger charge is 2.45. The van der Waals surface area contributed by atoms with E-state index < -0.39 is 23.6 Å². The Labute approximate surface area is 173 Å². The second-order valence-corrected chi connectivity index (χ2v) is 7.94. The molecule has 2 heterocycles. The van der Waals surface area contributed by atoms with Crippen LogP contribution in [0, 0.1) is 11.3 Å². The van der Waals surface area contributed by atoms with Crippen LogP contribution in [0.25, 0.3) is 11.1 Å². The van der Waals surface area contributed by atoms with Crippen molar-refractivity contribution in [1.29, 1.82) is 5.26 Å². The van der Waals surface area contributed by atoms with Crippen LogP contribution in [0.4, 0.5) is 10.5 Å². The van der Waals surface area contributed by atoms with Crippen molar-refractivity contribution in [1.82, 2.24) is 20.5 Å². The van der Waals surface area contributed by atoms with Crippen molar-refractivity contribution >= 4 is 28.8 Å². The number of fused-ring (bicyclic) bond motifs is 1. The maximum absolute atomic E-state index is 12.5. The van der Waals surface area contributed by atoms with Gasteiger partial charge in [-0.1, -0.05) is 0 Å². The molecule has 1 aromatic heterocycles. The predicted molar refractivity (Wildman–Crippen MR) is 108 cm³/mol. The third-order valence-electron chi connectivity index (χ3n) is 5.60. The summed E-state index contributed by atoms with van der Waals surface area (Å²) >= 11 is 0. The lowest BCUT2D eigenvalue weighted by Crippen LogP contribution is -2.51. The number of carbonyl (C=O) groups is 2. The molecule has 1 aliphatic heterocycles. The summed E-state index contributed by atoms with van der Waals surface area (Å²) in [6.45, 7) is 3.83. The van der Waals surface area contributed by atoms with Gasteiger partial charge in [-0.25, -0.2) is 9.78 Å². The number of carbonyl (C=O) groups excluding carboxylic acids is 1. The van der Waals surface area contributed by atoms with Gasteiger partial charge < -0.3 is 30.0 Å². The van der Waals surface area contributed by atoms with E-state index >= 15 is 0 Å².